The zero-order chi connectivity index (χ0) is 19.1. The molecule has 0 aliphatic carbocycles. The summed E-state index contributed by atoms with van der Waals surface area (Å²) in [5, 5.41) is 3.31. The van der Waals surface area contributed by atoms with Gasteiger partial charge in [0.1, 0.15) is 6.61 Å². The second kappa shape index (κ2) is 14.9. The third-order valence-corrected chi connectivity index (χ3v) is 3.70. The van der Waals surface area contributed by atoms with Crippen LogP contribution in [0.5, 0.6) is 0 Å². The predicted octanol–water partition coefficient (Wildman–Crippen LogP) is 3.39. The first-order valence-electron chi connectivity index (χ1n) is 8.98. The van der Waals surface area contributed by atoms with E-state index in [1.807, 2.05) is 0 Å². The van der Waals surface area contributed by atoms with Crippen LogP contribution in [0.15, 0.2) is 23.9 Å². The van der Waals surface area contributed by atoms with Gasteiger partial charge in [-0.15, -0.1) is 0 Å². The second-order valence-corrected chi connectivity index (χ2v) is 6.15. The Morgan fingerprint density at radius 1 is 1.20 bits per heavy atom. The average Bonchev–Trinajstić information content (AvgIpc) is 2.58. The first kappa shape index (κ1) is 23.6. The Labute approximate surface area is 152 Å². The molecule has 0 saturated carbocycles. The van der Waals surface area contributed by atoms with E-state index >= 15 is 0 Å². The molecule has 0 aromatic rings. The molecule has 0 heterocycles. The molecule has 6 heteroatoms. The smallest absolute Gasteiger partial charge is 0.337 e. The molecule has 6 nitrogen and oxygen atoms in total. The zero-order valence-electron chi connectivity index (χ0n) is 16.4. The molecule has 0 fully saturated rings. The Balaban J connectivity index is 4.68. The molecule has 0 aliphatic rings. The maximum Gasteiger partial charge on any atom is 0.337 e. The summed E-state index contributed by atoms with van der Waals surface area (Å²) in [5.41, 5.74) is 1.57. The van der Waals surface area contributed by atoms with Crippen LogP contribution in [0, 0.1) is 5.92 Å². The molecular formula is C19H35NO5. The number of methoxy groups -OCH3 is 1. The molecule has 0 unspecified atom stereocenters. The highest BCUT2D eigenvalue weighted by Crippen LogP contribution is 2.14. The van der Waals surface area contributed by atoms with E-state index in [1.165, 1.54) is 5.57 Å². The summed E-state index contributed by atoms with van der Waals surface area (Å²) in [6.07, 6.45) is 4.19. The van der Waals surface area contributed by atoms with E-state index in [1.54, 1.807) is 20.2 Å². The van der Waals surface area contributed by atoms with E-state index in [0.29, 0.717) is 31.3 Å². The number of nitrogens with one attached hydrogen (secondary N) is 1. The van der Waals surface area contributed by atoms with Gasteiger partial charge in [0.15, 0.2) is 0 Å². The fourth-order valence-corrected chi connectivity index (χ4v) is 1.96. The molecule has 0 rings (SSSR count). The van der Waals surface area contributed by atoms with Gasteiger partial charge in [-0.25, -0.2) is 14.6 Å². The number of carbonyl (C=O) groups excluding carboxylic acids is 1. The number of esters is 1. The largest absolute Gasteiger partial charge is 0.463 e. The molecule has 0 aromatic heterocycles. The van der Waals surface area contributed by atoms with Crippen LogP contribution in [0.2, 0.25) is 0 Å². The van der Waals surface area contributed by atoms with Crippen molar-refractivity contribution in [1.82, 2.24) is 5.32 Å². The minimum Gasteiger partial charge on any atom is -0.463 e. The van der Waals surface area contributed by atoms with Gasteiger partial charge < -0.3 is 14.8 Å². The number of hydrogen-bond donors (Lipinski definition) is 1. The Kier molecular flexibility index (Phi) is 14.1. The molecule has 0 bridgehead atoms. The van der Waals surface area contributed by atoms with Crippen LogP contribution in [0.1, 0.15) is 47.0 Å². The molecule has 0 spiro atoms. The highest BCUT2D eigenvalue weighted by atomic mass is 17.2. The Hall–Kier alpha value is -1.37. The molecule has 0 radical (unpaired) electrons. The first-order chi connectivity index (χ1) is 12.0. The quantitative estimate of drug-likeness (QED) is 0.121. The van der Waals surface area contributed by atoms with Crippen molar-refractivity contribution >= 4 is 5.97 Å². The normalized spacial score (nSPS) is 13.0. The summed E-state index contributed by atoms with van der Waals surface area (Å²) in [7, 11) is 1.63. The molecule has 1 atom stereocenters. The highest BCUT2D eigenvalue weighted by Gasteiger charge is 2.16. The van der Waals surface area contributed by atoms with E-state index in [4.69, 9.17) is 19.2 Å². The van der Waals surface area contributed by atoms with Crippen molar-refractivity contribution in [2.24, 2.45) is 5.92 Å². The zero-order valence-corrected chi connectivity index (χ0v) is 16.4. The third-order valence-electron chi connectivity index (χ3n) is 3.70. The standard InChI is InChI=1S/C19H35NO5/c1-7-16(5)12-18(15(3)4)20-13-17(19(21)23-8-2)14-25-24-11-9-10-22-6/h13,15,18,20H,5,7-12,14H2,1-4,6H3/b17-13+/t18-/m0/s1. The van der Waals surface area contributed by atoms with Crippen LogP contribution in [0.4, 0.5) is 0 Å². The lowest BCUT2D eigenvalue weighted by Crippen LogP contribution is -2.31. The van der Waals surface area contributed by atoms with Crippen molar-refractivity contribution in [2.75, 3.05) is 33.5 Å². The van der Waals surface area contributed by atoms with Crippen molar-refractivity contribution in [2.45, 2.75) is 53.0 Å². The van der Waals surface area contributed by atoms with Gasteiger partial charge in [0, 0.05) is 26.0 Å². The van der Waals surface area contributed by atoms with E-state index < -0.39 is 5.97 Å². The lowest BCUT2D eigenvalue weighted by Gasteiger charge is -2.22. The van der Waals surface area contributed by atoms with Crippen molar-refractivity contribution in [3.8, 4) is 0 Å². The van der Waals surface area contributed by atoms with Crippen LogP contribution in [0.25, 0.3) is 0 Å². The molecule has 0 amide bonds. The summed E-state index contributed by atoms with van der Waals surface area (Å²) in [6, 6.07) is 0.194. The minimum atomic E-state index is -0.410. The van der Waals surface area contributed by atoms with Crippen LogP contribution >= 0.6 is 0 Å². The van der Waals surface area contributed by atoms with Gasteiger partial charge in [0.25, 0.3) is 0 Å². The summed E-state index contributed by atoms with van der Waals surface area (Å²) in [4.78, 5) is 22.2. The summed E-state index contributed by atoms with van der Waals surface area (Å²) in [5.74, 6) is -0.0125. The van der Waals surface area contributed by atoms with Crippen molar-refractivity contribution in [3.63, 3.8) is 0 Å². The lowest BCUT2D eigenvalue weighted by molar-refractivity contribution is -0.289. The van der Waals surface area contributed by atoms with Gasteiger partial charge in [-0.05, 0) is 32.1 Å². The maximum atomic E-state index is 12.1. The number of hydrogen-bond acceptors (Lipinski definition) is 6. The summed E-state index contributed by atoms with van der Waals surface area (Å²) >= 11 is 0. The number of carbonyl (C=O) groups is 1. The Bertz CT molecular complexity index is 407. The van der Waals surface area contributed by atoms with Crippen LogP contribution in [-0.2, 0) is 24.0 Å². The van der Waals surface area contributed by atoms with Gasteiger partial charge in [-0.1, -0.05) is 32.9 Å². The second-order valence-electron chi connectivity index (χ2n) is 6.15. The third kappa shape index (κ3) is 11.8. The fourth-order valence-electron chi connectivity index (χ4n) is 1.96. The molecular weight excluding hydrogens is 322 g/mol. The topological polar surface area (TPSA) is 66.0 Å². The molecule has 1 N–H and O–H groups in total. The van der Waals surface area contributed by atoms with Crippen molar-refractivity contribution in [1.29, 1.82) is 0 Å². The summed E-state index contributed by atoms with van der Waals surface area (Å²) < 4.78 is 10.0. The molecule has 25 heavy (non-hydrogen) atoms. The number of ether oxygens (including phenoxy) is 2. The van der Waals surface area contributed by atoms with Crippen molar-refractivity contribution in [3.05, 3.63) is 23.9 Å². The van der Waals surface area contributed by atoms with Crippen LogP contribution in [0.3, 0.4) is 0 Å². The molecule has 0 saturated heterocycles. The van der Waals surface area contributed by atoms with Crippen molar-refractivity contribution < 1.29 is 24.0 Å². The number of rotatable bonds is 15. The SMILES string of the molecule is C=C(CC)C[C@H](N/C=C(\COOCCCOC)C(=O)OCC)C(C)C. The monoisotopic (exact) mass is 357 g/mol. The maximum absolute atomic E-state index is 12.1. The van der Waals surface area contributed by atoms with Gasteiger partial charge in [-0.3, -0.25) is 0 Å². The fraction of sp³-hybridized carbons (Fsp3) is 0.737. The Morgan fingerprint density at radius 3 is 2.48 bits per heavy atom. The van der Waals surface area contributed by atoms with E-state index in [-0.39, 0.29) is 12.6 Å². The first-order valence-corrected chi connectivity index (χ1v) is 8.98. The van der Waals surface area contributed by atoms with E-state index in [0.717, 1.165) is 19.3 Å². The summed E-state index contributed by atoms with van der Waals surface area (Å²) in [6.45, 7) is 13.5. The minimum absolute atomic E-state index is 0.0261. The Morgan fingerprint density at radius 2 is 1.92 bits per heavy atom. The van der Waals surface area contributed by atoms with Gasteiger partial charge >= 0.3 is 5.97 Å². The van der Waals surface area contributed by atoms with Crippen LogP contribution in [-0.4, -0.2) is 45.5 Å². The van der Waals surface area contributed by atoms with E-state index in [9.17, 15) is 4.79 Å². The predicted molar refractivity (Wildman–Crippen MR) is 98.9 cm³/mol. The molecule has 146 valence electrons. The lowest BCUT2D eigenvalue weighted by atomic mass is 9.96. The van der Waals surface area contributed by atoms with E-state index in [2.05, 4.69) is 32.7 Å². The molecule has 0 aromatic carbocycles. The highest BCUT2D eigenvalue weighted by molar-refractivity contribution is 5.88. The van der Waals surface area contributed by atoms with Gasteiger partial charge in [0.2, 0.25) is 0 Å². The molecule has 0 aliphatic heterocycles. The average molecular weight is 357 g/mol. The van der Waals surface area contributed by atoms with Gasteiger partial charge in [-0.2, -0.15) is 0 Å². The van der Waals surface area contributed by atoms with Gasteiger partial charge in [0.05, 0.1) is 18.8 Å². The van der Waals surface area contributed by atoms with Crippen LogP contribution < -0.4 is 5.32 Å².